The number of hydrogen-bond donors (Lipinski definition) is 1. The zero-order chi connectivity index (χ0) is 10.4. The van der Waals surface area contributed by atoms with Crippen LogP contribution >= 0.6 is 23.2 Å². The van der Waals surface area contributed by atoms with Crippen molar-refractivity contribution in [2.75, 3.05) is 0 Å². The van der Waals surface area contributed by atoms with Gasteiger partial charge in [0.15, 0.2) is 0 Å². The molecule has 0 aliphatic heterocycles. The van der Waals surface area contributed by atoms with Crippen molar-refractivity contribution < 1.29 is 19.4 Å². The van der Waals surface area contributed by atoms with Gasteiger partial charge in [0.2, 0.25) is 0 Å². The Labute approximate surface area is 85.1 Å². The lowest BCUT2D eigenvalue weighted by Gasteiger charge is -2.07. The Morgan fingerprint density at radius 3 is 2.46 bits per heavy atom. The van der Waals surface area contributed by atoms with Crippen molar-refractivity contribution in [2.45, 2.75) is 19.4 Å². The third-order valence-electron chi connectivity index (χ3n) is 0.974. The molecular formula is C7H8Cl2O4. The van der Waals surface area contributed by atoms with Gasteiger partial charge in [-0.2, -0.15) is 0 Å². The van der Waals surface area contributed by atoms with E-state index in [9.17, 15) is 9.59 Å². The lowest BCUT2D eigenvalue weighted by atomic mass is 10.4. The van der Waals surface area contributed by atoms with Crippen LogP contribution in [-0.4, -0.2) is 23.1 Å². The third-order valence-corrected chi connectivity index (χ3v) is 1.23. The van der Waals surface area contributed by atoms with E-state index in [0.717, 1.165) is 0 Å². The van der Waals surface area contributed by atoms with E-state index in [1.54, 1.807) is 0 Å². The first-order valence-electron chi connectivity index (χ1n) is 3.36. The highest BCUT2D eigenvalue weighted by Gasteiger charge is 2.11. The summed E-state index contributed by atoms with van der Waals surface area (Å²) in [6, 6.07) is 0. The van der Waals surface area contributed by atoms with E-state index in [1.165, 1.54) is 13.0 Å². The van der Waals surface area contributed by atoms with Crippen LogP contribution in [0.2, 0.25) is 0 Å². The van der Waals surface area contributed by atoms with Gasteiger partial charge < -0.3 is 9.84 Å². The van der Waals surface area contributed by atoms with E-state index in [-0.39, 0.29) is 4.49 Å². The highest BCUT2D eigenvalue weighted by atomic mass is 35.5. The SMILES string of the molecule is CC(C=C(Cl)Cl)OC(=O)CC(=O)O. The maximum Gasteiger partial charge on any atom is 0.317 e. The number of rotatable bonds is 4. The van der Waals surface area contributed by atoms with Gasteiger partial charge in [0, 0.05) is 0 Å². The minimum atomic E-state index is -1.24. The molecule has 1 N–H and O–H groups in total. The maximum absolute atomic E-state index is 10.7. The second-order valence-corrected chi connectivity index (χ2v) is 3.23. The largest absolute Gasteiger partial charge is 0.481 e. The molecular weight excluding hydrogens is 219 g/mol. The molecule has 1 atom stereocenters. The van der Waals surface area contributed by atoms with Gasteiger partial charge in [0.05, 0.1) is 0 Å². The summed E-state index contributed by atoms with van der Waals surface area (Å²) >= 11 is 10.6. The quantitative estimate of drug-likeness (QED) is 0.586. The first-order chi connectivity index (χ1) is 5.91. The topological polar surface area (TPSA) is 63.6 Å². The normalized spacial score (nSPS) is 11.6. The summed E-state index contributed by atoms with van der Waals surface area (Å²) in [6.45, 7) is 1.52. The summed E-state index contributed by atoms with van der Waals surface area (Å²) in [6.07, 6.45) is -0.0159. The van der Waals surface area contributed by atoms with Gasteiger partial charge in [-0.1, -0.05) is 23.2 Å². The van der Waals surface area contributed by atoms with E-state index in [1.807, 2.05) is 0 Å². The van der Waals surface area contributed by atoms with Gasteiger partial charge in [-0.15, -0.1) is 0 Å². The minimum absolute atomic E-state index is 0.0318. The number of carboxylic acid groups (broad SMARTS) is 1. The van der Waals surface area contributed by atoms with Crippen molar-refractivity contribution in [3.8, 4) is 0 Å². The van der Waals surface area contributed by atoms with Gasteiger partial charge in [0.1, 0.15) is 17.0 Å². The van der Waals surface area contributed by atoms with Crippen LogP contribution in [-0.2, 0) is 14.3 Å². The van der Waals surface area contributed by atoms with E-state index in [2.05, 4.69) is 4.74 Å². The van der Waals surface area contributed by atoms with Crippen molar-refractivity contribution in [1.82, 2.24) is 0 Å². The molecule has 0 aromatic heterocycles. The number of halogens is 2. The molecule has 1 unspecified atom stereocenters. The summed E-state index contributed by atoms with van der Waals surface area (Å²) in [5.74, 6) is -2.07. The predicted octanol–water partition coefficient (Wildman–Crippen LogP) is 1.71. The highest BCUT2D eigenvalue weighted by Crippen LogP contribution is 2.09. The number of ether oxygens (including phenoxy) is 1. The molecule has 0 fully saturated rings. The number of carbonyl (C=O) groups excluding carboxylic acids is 1. The van der Waals surface area contributed by atoms with E-state index >= 15 is 0 Å². The van der Waals surface area contributed by atoms with Crippen LogP contribution < -0.4 is 0 Å². The van der Waals surface area contributed by atoms with E-state index < -0.39 is 24.5 Å². The van der Waals surface area contributed by atoms with Gasteiger partial charge in [0.25, 0.3) is 0 Å². The summed E-state index contributed by atoms with van der Waals surface area (Å²) in [4.78, 5) is 20.8. The number of carbonyl (C=O) groups is 2. The molecule has 0 aliphatic rings. The van der Waals surface area contributed by atoms with E-state index in [4.69, 9.17) is 28.3 Å². The number of carboxylic acids is 1. The fourth-order valence-corrected chi connectivity index (χ4v) is 0.939. The van der Waals surface area contributed by atoms with Gasteiger partial charge in [-0.3, -0.25) is 9.59 Å². The molecule has 0 spiro atoms. The molecule has 13 heavy (non-hydrogen) atoms. The lowest BCUT2D eigenvalue weighted by molar-refractivity contribution is -0.152. The van der Waals surface area contributed by atoms with E-state index in [0.29, 0.717) is 0 Å². The molecule has 4 nitrogen and oxygen atoms in total. The van der Waals surface area contributed by atoms with Crippen LogP contribution in [0.25, 0.3) is 0 Å². The highest BCUT2D eigenvalue weighted by molar-refractivity contribution is 6.55. The van der Waals surface area contributed by atoms with Crippen LogP contribution in [0.4, 0.5) is 0 Å². The molecule has 0 aromatic rings. The molecule has 0 heterocycles. The standard InChI is InChI=1S/C7H8Cl2O4/c1-4(2-5(8)9)13-7(12)3-6(10)11/h2,4H,3H2,1H3,(H,10,11). The van der Waals surface area contributed by atoms with Gasteiger partial charge in [-0.05, 0) is 13.0 Å². The Hall–Kier alpha value is -0.740. The smallest absolute Gasteiger partial charge is 0.317 e. The second kappa shape index (κ2) is 5.83. The molecule has 0 rings (SSSR count). The van der Waals surface area contributed by atoms with Crippen LogP contribution in [0.1, 0.15) is 13.3 Å². The van der Waals surface area contributed by atoms with Crippen molar-refractivity contribution >= 4 is 35.1 Å². The zero-order valence-electron chi connectivity index (χ0n) is 6.79. The van der Waals surface area contributed by atoms with Crippen LogP contribution in [0, 0.1) is 0 Å². The Morgan fingerprint density at radius 1 is 1.54 bits per heavy atom. The number of hydrogen-bond acceptors (Lipinski definition) is 3. The second-order valence-electron chi connectivity index (χ2n) is 2.22. The number of aliphatic carboxylic acids is 1. The molecule has 74 valence electrons. The Balaban J connectivity index is 3.92. The molecule has 0 aliphatic carbocycles. The molecule has 0 saturated carbocycles. The Bertz CT molecular complexity index is 233. The van der Waals surface area contributed by atoms with Crippen LogP contribution in [0.3, 0.4) is 0 Å². The maximum atomic E-state index is 10.7. The monoisotopic (exact) mass is 226 g/mol. The average molecular weight is 227 g/mol. The number of esters is 1. The summed E-state index contributed by atoms with van der Waals surface area (Å²) < 4.78 is 4.58. The molecule has 0 bridgehead atoms. The van der Waals surface area contributed by atoms with Crippen molar-refractivity contribution in [2.24, 2.45) is 0 Å². The van der Waals surface area contributed by atoms with Gasteiger partial charge >= 0.3 is 11.9 Å². The molecule has 0 aromatic carbocycles. The Kier molecular flexibility index (Phi) is 5.50. The summed E-state index contributed by atoms with van der Waals surface area (Å²) in [5, 5.41) is 8.21. The van der Waals surface area contributed by atoms with Crippen LogP contribution in [0.15, 0.2) is 10.6 Å². The first kappa shape index (κ1) is 12.3. The fraction of sp³-hybridized carbons (Fsp3) is 0.429. The Morgan fingerprint density at radius 2 is 2.08 bits per heavy atom. The molecule has 6 heteroatoms. The first-order valence-corrected chi connectivity index (χ1v) is 4.11. The lowest BCUT2D eigenvalue weighted by Crippen LogP contribution is -2.15. The summed E-state index contributed by atoms with van der Waals surface area (Å²) in [7, 11) is 0. The van der Waals surface area contributed by atoms with Crippen molar-refractivity contribution in [3.05, 3.63) is 10.6 Å². The summed E-state index contributed by atoms with van der Waals surface area (Å²) in [5.41, 5.74) is 0. The fourth-order valence-electron chi connectivity index (χ4n) is 0.584. The average Bonchev–Trinajstić information content (AvgIpc) is 1.80. The van der Waals surface area contributed by atoms with Crippen LogP contribution in [0.5, 0.6) is 0 Å². The molecule has 0 saturated heterocycles. The molecule has 0 amide bonds. The molecule has 0 radical (unpaired) electrons. The third kappa shape index (κ3) is 7.62. The van der Waals surface area contributed by atoms with Crippen molar-refractivity contribution in [3.63, 3.8) is 0 Å². The predicted molar refractivity (Wildman–Crippen MR) is 47.6 cm³/mol. The van der Waals surface area contributed by atoms with Gasteiger partial charge in [-0.25, -0.2) is 0 Å². The van der Waals surface area contributed by atoms with Crippen molar-refractivity contribution in [1.29, 1.82) is 0 Å². The zero-order valence-corrected chi connectivity index (χ0v) is 8.30. The minimum Gasteiger partial charge on any atom is -0.481 e.